The molecule has 5 fully saturated rings. The lowest BCUT2D eigenvalue weighted by Gasteiger charge is -2.52. The number of nitrogens with zero attached hydrogens (tertiary/aromatic N) is 2. The van der Waals surface area contributed by atoms with E-state index < -0.39 is 0 Å². The smallest absolute Gasteiger partial charge is 0.314 e. The second-order valence-electron chi connectivity index (χ2n) is 8.99. The van der Waals surface area contributed by atoms with Crippen molar-refractivity contribution in [1.82, 2.24) is 10.2 Å². The van der Waals surface area contributed by atoms with Gasteiger partial charge in [0.15, 0.2) is 0 Å². The molecule has 2 aliphatic heterocycles. The summed E-state index contributed by atoms with van der Waals surface area (Å²) >= 11 is 0. The number of hydrogen-bond acceptors (Lipinski definition) is 6. The van der Waals surface area contributed by atoms with E-state index in [0.717, 1.165) is 70.6 Å². The van der Waals surface area contributed by atoms with Crippen LogP contribution < -0.4 is 5.32 Å². The Morgan fingerprint density at radius 2 is 1.86 bits per heavy atom. The van der Waals surface area contributed by atoms with Crippen LogP contribution in [0.5, 0.6) is 0 Å². The predicted octanol–water partition coefficient (Wildman–Crippen LogP) is 2.25. The van der Waals surface area contributed by atoms with E-state index in [9.17, 15) is 14.9 Å². The van der Waals surface area contributed by atoms with Gasteiger partial charge in [-0.1, -0.05) is 0 Å². The van der Waals surface area contributed by atoms with E-state index in [2.05, 4.69) is 11.4 Å². The normalized spacial score (nSPS) is 37.5. The molecule has 3 saturated carbocycles. The van der Waals surface area contributed by atoms with Gasteiger partial charge >= 0.3 is 5.97 Å². The third-order valence-corrected chi connectivity index (χ3v) is 7.39. The van der Waals surface area contributed by atoms with E-state index >= 15 is 0 Å². The van der Waals surface area contributed by atoms with Crippen LogP contribution in [0.15, 0.2) is 0 Å². The number of rotatable bonds is 5. The molecule has 7 heteroatoms. The van der Waals surface area contributed by atoms with E-state index in [1.165, 1.54) is 0 Å². The summed E-state index contributed by atoms with van der Waals surface area (Å²) in [7, 11) is 0. The van der Waals surface area contributed by atoms with Gasteiger partial charge in [0, 0.05) is 18.5 Å². The topological polar surface area (TPSA) is 91.7 Å². The molecule has 154 valence electrons. The summed E-state index contributed by atoms with van der Waals surface area (Å²) < 4.78 is 11.3. The molecule has 2 unspecified atom stereocenters. The molecule has 3 aliphatic carbocycles. The van der Waals surface area contributed by atoms with Crippen LogP contribution in [0.1, 0.15) is 70.6 Å². The third kappa shape index (κ3) is 3.77. The van der Waals surface area contributed by atoms with Crippen LogP contribution in [0.4, 0.5) is 0 Å². The minimum atomic E-state index is -0.367. The summed E-state index contributed by atoms with van der Waals surface area (Å²) in [4.78, 5) is 27.1. The van der Waals surface area contributed by atoms with Crippen LogP contribution in [0.2, 0.25) is 0 Å². The van der Waals surface area contributed by atoms with Crippen LogP contribution in [-0.4, -0.2) is 54.3 Å². The first-order valence-electron chi connectivity index (χ1n) is 10.8. The van der Waals surface area contributed by atoms with Crippen LogP contribution in [0.25, 0.3) is 0 Å². The molecular formula is C21H31N3O4. The van der Waals surface area contributed by atoms with Crippen LogP contribution in [0.3, 0.4) is 0 Å². The Morgan fingerprint density at radius 3 is 2.50 bits per heavy atom. The van der Waals surface area contributed by atoms with Crippen LogP contribution in [0, 0.1) is 16.7 Å². The number of nitrogens with one attached hydrogen (secondary N) is 1. The first kappa shape index (κ1) is 19.7. The molecule has 2 heterocycles. The highest BCUT2D eigenvalue weighted by Gasteiger charge is 2.53. The van der Waals surface area contributed by atoms with Gasteiger partial charge in [-0.2, -0.15) is 5.26 Å². The molecule has 0 spiro atoms. The fourth-order valence-electron chi connectivity index (χ4n) is 5.37. The van der Waals surface area contributed by atoms with Gasteiger partial charge in [0.1, 0.15) is 6.04 Å². The molecule has 1 amide bonds. The van der Waals surface area contributed by atoms with E-state index in [1.54, 1.807) is 4.90 Å². The Kier molecular flexibility index (Phi) is 5.62. The number of carbonyl (C=O) groups excluding carboxylic acids is 2. The van der Waals surface area contributed by atoms with E-state index in [4.69, 9.17) is 9.47 Å². The van der Waals surface area contributed by atoms with Gasteiger partial charge in [0.2, 0.25) is 12.2 Å². The summed E-state index contributed by atoms with van der Waals surface area (Å²) in [6.45, 7) is 1.64. The third-order valence-electron chi connectivity index (χ3n) is 7.39. The summed E-state index contributed by atoms with van der Waals surface area (Å²) in [6.07, 6.45) is 9.32. The van der Waals surface area contributed by atoms with Crippen molar-refractivity contribution >= 4 is 11.9 Å². The van der Waals surface area contributed by atoms with E-state index in [0.29, 0.717) is 13.2 Å². The Hall–Kier alpha value is -1.65. The van der Waals surface area contributed by atoms with Gasteiger partial charge in [0.25, 0.3) is 0 Å². The molecule has 2 saturated heterocycles. The summed E-state index contributed by atoms with van der Waals surface area (Å²) in [5, 5.41) is 12.7. The zero-order valence-corrected chi connectivity index (χ0v) is 16.6. The molecule has 0 aromatic rings. The van der Waals surface area contributed by atoms with Crippen molar-refractivity contribution in [1.29, 1.82) is 5.26 Å². The van der Waals surface area contributed by atoms with Gasteiger partial charge in [0.05, 0.1) is 24.6 Å². The minimum absolute atomic E-state index is 0.0229. The number of esters is 1. The van der Waals surface area contributed by atoms with Gasteiger partial charge in [-0.25, -0.2) is 0 Å². The zero-order chi connectivity index (χ0) is 19.6. The maximum atomic E-state index is 12.8. The molecule has 7 nitrogen and oxygen atoms in total. The SMILES string of the molecule is N#CC1CCCN1C(=O)CNC12CCC(C(=O)OC3CCCCO3)(CC1)CC2. The van der Waals surface area contributed by atoms with Crippen LogP contribution >= 0.6 is 0 Å². The summed E-state index contributed by atoms with van der Waals surface area (Å²) in [5.41, 5.74) is -0.421. The standard InChI is InChI=1S/C21H31N3O4/c22-14-16-4-3-12-24(16)17(25)15-23-21-9-6-20(7-10-21,8-11-21)19(26)28-18-5-1-2-13-27-18/h16,18,23H,1-13,15H2. The van der Waals surface area contributed by atoms with Gasteiger partial charge < -0.3 is 19.7 Å². The van der Waals surface area contributed by atoms with Crippen molar-refractivity contribution in [2.24, 2.45) is 5.41 Å². The highest BCUT2D eigenvalue weighted by molar-refractivity contribution is 5.79. The van der Waals surface area contributed by atoms with Crippen molar-refractivity contribution in [3.8, 4) is 6.07 Å². The van der Waals surface area contributed by atoms with Crippen molar-refractivity contribution in [2.75, 3.05) is 19.7 Å². The molecular weight excluding hydrogens is 358 g/mol. The minimum Gasteiger partial charge on any atom is -0.435 e. The second kappa shape index (κ2) is 8.00. The molecule has 28 heavy (non-hydrogen) atoms. The highest BCUT2D eigenvalue weighted by atomic mass is 16.7. The molecule has 0 aromatic carbocycles. The number of nitriles is 1. The number of hydrogen-bond donors (Lipinski definition) is 1. The van der Waals surface area contributed by atoms with E-state index in [-0.39, 0.29) is 41.7 Å². The fourth-order valence-corrected chi connectivity index (χ4v) is 5.37. The maximum absolute atomic E-state index is 12.8. The molecule has 1 N–H and O–H groups in total. The Bertz CT molecular complexity index is 628. The zero-order valence-electron chi connectivity index (χ0n) is 16.6. The number of fused-ring (bicyclic) bond motifs is 3. The van der Waals surface area contributed by atoms with Crippen molar-refractivity contribution in [3.63, 3.8) is 0 Å². The monoisotopic (exact) mass is 389 g/mol. The molecule has 0 aromatic heterocycles. The van der Waals surface area contributed by atoms with Gasteiger partial charge in [-0.05, 0) is 64.2 Å². The Labute approximate surface area is 166 Å². The quantitative estimate of drug-likeness (QED) is 0.725. The molecule has 2 atom stereocenters. The largest absolute Gasteiger partial charge is 0.435 e. The number of likely N-dealkylation sites (tertiary alicyclic amines) is 1. The molecule has 2 bridgehead atoms. The highest BCUT2D eigenvalue weighted by Crippen LogP contribution is 2.53. The van der Waals surface area contributed by atoms with E-state index in [1.807, 2.05) is 0 Å². The number of amides is 1. The number of carbonyl (C=O) groups is 2. The number of ether oxygens (including phenoxy) is 2. The predicted molar refractivity (Wildman–Crippen MR) is 101 cm³/mol. The molecule has 5 aliphatic rings. The maximum Gasteiger partial charge on any atom is 0.314 e. The molecule has 0 radical (unpaired) electrons. The lowest BCUT2D eigenvalue weighted by Crippen LogP contribution is -2.59. The lowest BCUT2D eigenvalue weighted by molar-refractivity contribution is -0.203. The van der Waals surface area contributed by atoms with Crippen molar-refractivity contribution < 1.29 is 19.1 Å². The van der Waals surface area contributed by atoms with Gasteiger partial charge in [-0.3, -0.25) is 9.59 Å². The summed E-state index contributed by atoms with van der Waals surface area (Å²) in [6, 6.07) is 1.96. The fraction of sp³-hybridized carbons (Fsp3) is 0.857. The Balaban J connectivity index is 1.28. The lowest BCUT2D eigenvalue weighted by atomic mass is 9.57. The Morgan fingerprint density at radius 1 is 1.11 bits per heavy atom. The average molecular weight is 389 g/mol. The summed E-state index contributed by atoms with van der Waals surface area (Å²) in [5.74, 6) is -0.0626. The first-order chi connectivity index (χ1) is 13.6. The first-order valence-corrected chi connectivity index (χ1v) is 10.8. The average Bonchev–Trinajstić information content (AvgIpc) is 3.23. The second-order valence-corrected chi connectivity index (χ2v) is 8.99. The van der Waals surface area contributed by atoms with Gasteiger partial charge in [-0.15, -0.1) is 0 Å². The van der Waals surface area contributed by atoms with Crippen LogP contribution in [-0.2, 0) is 19.1 Å². The molecule has 5 rings (SSSR count). The van der Waals surface area contributed by atoms with Crippen molar-refractivity contribution in [2.45, 2.75) is 88.5 Å². The van der Waals surface area contributed by atoms with Crippen molar-refractivity contribution in [3.05, 3.63) is 0 Å².